The minimum atomic E-state index is -0.246. The van der Waals surface area contributed by atoms with Crippen molar-refractivity contribution in [3.05, 3.63) is 35.6 Å². The lowest BCUT2D eigenvalue weighted by Crippen LogP contribution is -2.43. The van der Waals surface area contributed by atoms with E-state index in [-0.39, 0.29) is 17.6 Å². The molecule has 1 amide bonds. The summed E-state index contributed by atoms with van der Waals surface area (Å²) in [6, 6.07) is 7.10. The summed E-state index contributed by atoms with van der Waals surface area (Å²) in [4.78, 5) is 14.6. The van der Waals surface area contributed by atoms with E-state index >= 15 is 0 Å². The van der Waals surface area contributed by atoms with Crippen LogP contribution in [0.4, 0.5) is 4.39 Å². The van der Waals surface area contributed by atoms with Crippen molar-refractivity contribution in [1.29, 1.82) is 0 Å². The summed E-state index contributed by atoms with van der Waals surface area (Å²) in [5.74, 6) is -0.335. The second-order valence-electron chi connectivity index (χ2n) is 6.41. The topological polar surface area (TPSA) is 32.3 Å². The Morgan fingerprint density at radius 3 is 3.00 bits per heavy atom. The Hall–Kier alpha value is -1.42. The third-order valence-corrected chi connectivity index (χ3v) is 4.52. The first kappa shape index (κ1) is 16.9. The van der Waals surface area contributed by atoms with Crippen molar-refractivity contribution in [1.82, 2.24) is 10.2 Å². The summed E-state index contributed by atoms with van der Waals surface area (Å²) in [6.07, 6.45) is 4.40. The Bertz CT molecular complexity index is 492. The van der Waals surface area contributed by atoms with Gasteiger partial charge in [0.2, 0.25) is 5.91 Å². The highest BCUT2D eigenvalue weighted by molar-refractivity contribution is 5.78. The summed E-state index contributed by atoms with van der Waals surface area (Å²) in [6.45, 7) is 6.89. The molecule has 122 valence electrons. The third kappa shape index (κ3) is 5.09. The van der Waals surface area contributed by atoms with E-state index in [9.17, 15) is 9.18 Å². The van der Waals surface area contributed by atoms with Crippen molar-refractivity contribution >= 4 is 5.91 Å². The van der Waals surface area contributed by atoms with Gasteiger partial charge in [0.25, 0.3) is 0 Å². The maximum absolute atomic E-state index is 13.2. The van der Waals surface area contributed by atoms with Gasteiger partial charge in [-0.3, -0.25) is 9.69 Å². The summed E-state index contributed by atoms with van der Waals surface area (Å²) < 4.78 is 13.2. The predicted octanol–water partition coefficient (Wildman–Crippen LogP) is 2.99. The average Bonchev–Trinajstić information content (AvgIpc) is 2.49. The van der Waals surface area contributed by atoms with E-state index in [1.807, 2.05) is 13.0 Å². The highest BCUT2D eigenvalue weighted by Crippen LogP contribution is 2.15. The Kier molecular flexibility index (Phi) is 6.37. The third-order valence-electron chi connectivity index (χ3n) is 4.52. The molecule has 1 heterocycles. The molecular formula is C18H27FN2O. The first-order chi connectivity index (χ1) is 10.6. The molecule has 22 heavy (non-hydrogen) atoms. The molecule has 0 saturated carbocycles. The van der Waals surface area contributed by atoms with Crippen molar-refractivity contribution < 1.29 is 9.18 Å². The zero-order valence-corrected chi connectivity index (χ0v) is 13.6. The molecule has 1 aromatic rings. The monoisotopic (exact) mass is 306 g/mol. The number of piperidine rings is 1. The van der Waals surface area contributed by atoms with Gasteiger partial charge in [0, 0.05) is 25.0 Å². The fraction of sp³-hybridized carbons (Fsp3) is 0.611. The van der Waals surface area contributed by atoms with E-state index in [0.29, 0.717) is 19.0 Å². The van der Waals surface area contributed by atoms with Crippen LogP contribution < -0.4 is 5.32 Å². The molecule has 0 radical (unpaired) electrons. The number of amides is 1. The van der Waals surface area contributed by atoms with Crippen LogP contribution in [0.3, 0.4) is 0 Å². The summed E-state index contributed by atoms with van der Waals surface area (Å²) >= 11 is 0. The minimum Gasteiger partial charge on any atom is -0.355 e. The molecule has 2 rings (SSSR count). The van der Waals surface area contributed by atoms with Gasteiger partial charge in [0.15, 0.2) is 0 Å². The van der Waals surface area contributed by atoms with Gasteiger partial charge in [-0.05, 0) is 50.4 Å². The minimum absolute atomic E-state index is 0.0499. The van der Waals surface area contributed by atoms with Crippen LogP contribution in [0.5, 0.6) is 0 Å². The highest BCUT2D eigenvalue weighted by atomic mass is 19.1. The first-order valence-corrected chi connectivity index (χ1v) is 8.32. The van der Waals surface area contributed by atoms with Crippen LogP contribution in [-0.2, 0) is 11.2 Å². The van der Waals surface area contributed by atoms with Crippen LogP contribution in [0.1, 0.15) is 38.7 Å². The summed E-state index contributed by atoms with van der Waals surface area (Å²) in [7, 11) is 0. The number of halogens is 1. The highest BCUT2D eigenvalue weighted by Gasteiger charge is 2.18. The standard InChI is InChI=1S/C18H27FN2O/c1-14(12-16-7-5-8-17(19)13-16)18(22)20-9-11-21-10-4-3-6-15(21)2/h5,7-8,13-15H,3-4,6,9-12H2,1-2H3,(H,20,22)/t14-,15-/m1/s1. The zero-order valence-electron chi connectivity index (χ0n) is 13.6. The Morgan fingerprint density at radius 2 is 2.27 bits per heavy atom. The molecule has 1 saturated heterocycles. The number of nitrogens with zero attached hydrogens (tertiary/aromatic N) is 1. The second-order valence-corrected chi connectivity index (χ2v) is 6.41. The van der Waals surface area contributed by atoms with Gasteiger partial charge in [0.1, 0.15) is 5.82 Å². The maximum Gasteiger partial charge on any atom is 0.223 e. The van der Waals surface area contributed by atoms with E-state index in [1.165, 1.54) is 31.4 Å². The molecule has 4 heteroatoms. The largest absolute Gasteiger partial charge is 0.355 e. The fourth-order valence-corrected chi connectivity index (χ4v) is 3.10. The Morgan fingerprint density at radius 1 is 1.45 bits per heavy atom. The van der Waals surface area contributed by atoms with Crippen LogP contribution in [-0.4, -0.2) is 36.5 Å². The zero-order chi connectivity index (χ0) is 15.9. The lowest BCUT2D eigenvalue weighted by atomic mass is 10.0. The van der Waals surface area contributed by atoms with Gasteiger partial charge < -0.3 is 5.32 Å². The summed E-state index contributed by atoms with van der Waals surface area (Å²) in [5.41, 5.74) is 0.868. The van der Waals surface area contributed by atoms with Crippen molar-refractivity contribution in [2.24, 2.45) is 5.92 Å². The van der Waals surface area contributed by atoms with Gasteiger partial charge in [-0.2, -0.15) is 0 Å². The van der Waals surface area contributed by atoms with E-state index < -0.39 is 0 Å². The number of rotatable bonds is 6. The molecule has 2 atom stereocenters. The molecule has 1 aliphatic heterocycles. The second kappa shape index (κ2) is 8.28. The number of nitrogens with one attached hydrogen (secondary N) is 1. The summed E-state index contributed by atoms with van der Waals surface area (Å²) in [5, 5.41) is 3.01. The van der Waals surface area contributed by atoms with Crippen molar-refractivity contribution in [2.75, 3.05) is 19.6 Å². The van der Waals surface area contributed by atoms with E-state index in [4.69, 9.17) is 0 Å². The quantitative estimate of drug-likeness (QED) is 0.876. The maximum atomic E-state index is 13.2. The number of carbonyl (C=O) groups is 1. The van der Waals surface area contributed by atoms with Gasteiger partial charge in [0.05, 0.1) is 0 Å². The average molecular weight is 306 g/mol. The number of benzene rings is 1. The molecule has 0 bridgehead atoms. The van der Waals surface area contributed by atoms with Crippen LogP contribution in [0, 0.1) is 11.7 Å². The molecule has 0 spiro atoms. The Labute approximate surface area is 132 Å². The van der Waals surface area contributed by atoms with E-state index in [0.717, 1.165) is 18.7 Å². The van der Waals surface area contributed by atoms with Gasteiger partial charge in [-0.1, -0.05) is 25.5 Å². The number of likely N-dealkylation sites (tertiary alicyclic amines) is 1. The molecule has 3 nitrogen and oxygen atoms in total. The molecule has 0 aliphatic carbocycles. The smallest absolute Gasteiger partial charge is 0.223 e. The fourth-order valence-electron chi connectivity index (χ4n) is 3.10. The molecule has 0 unspecified atom stereocenters. The predicted molar refractivity (Wildman–Crippen MR) is 87.2 cm³/mol. The van der Waals surface area contributed by atoms with Gasteiger partial charge in [-0.25, -0.2) is 4.39 Å². The van der Waals surface area contributed by atoms with Crippen LogP contribution in [0.2, 0.25) is 0 Å². The van der Waals surface area contributed by atoms with Gasteiger partial charge >= 0.3 is 0 Å². The van der Waals surface area contributed by atoms with Crippen molar-refractivity contribution in [3.63, 3.8) is 0 Å². The lowest BCUT2D eigenvalue weighted by molar-refractivity contribution is -0.124. The van der Waals surface area contributed by atoms with Crippen molar-refractivity contribution in [2.45, 2.75) is 45.6 Å². The van der Waals surface area contributed by atoms with Crippen LogP contribution >= 0.6 is 0 Å². The molecule has 1 N–H and O–H groups in total. The lowest BCUT2D eigenvalue weighted by Gasteiger charge is -2.33. The Balaban J connectivity index is 1.72. The number of hydrogen-bond donors (Lipinski definition) is 1. The molecule has 1 fully saturated rings. The van der Waals surface area contributed by atoms with E-state index in [1.54, 1.807) is 6.07 Å². The molecule has 1 aromatic carbocycles. The molecule has 1 aliphatic rings. The van der Waals surface area contributed by atoms with Crippen LogP contribution in [0.15, 0.2) is 24.3 Å². The molecule has 0 aromatic heterocycles. The van der Waals surface area contributed by atoms with Crippen molar-refractivity contribution in [3.8, 4) is 0 Å². The number of hydrogen-bond acceptors (Lipinski definition) is 2. The normalized spacial score (nSPS) is 20.6. The van der Waals surface area contributed by atoms with Gasteiger partial charge in [-0.15, -0.1) is 0 Å². The SMILES string of the molecule is C[C@H](Cc1cccc(F)c1)C(=O)NCCN1CCCC[C@H]1C. The van der Waals surface area contributed by atoms with E-state index in [2.05, 4.69) is 17.1 Å². The number of carbonyl (C=O) groups excluding carboxylic acids is 1. The molecular weight excluding hydrogens is 279 g/mol. The van der Waals surface area contributed by atoms with Crippen LogP contribution in [0.25, 0.3) is 0 Å². The first-order valence-electron chi connectivity index (χ1n) is 8.32.